The summed E-state index contributed by atoms with van der Waals surface area (Å²) in [5, 5.41) is 11.8. The molecule has 2 saturated carbocycles. The van der Waals surface area contributed by atoms with Crippen LogP contribution in [-0.4, -0.2) is 54.2 Å². The van der Waals surface area contributed by atoms with Crippen LogP contribution >= 0.6 is 0 Å². The number of alkyl carbamates (subject to hydrolysis) is 1. The van der Waals surface area contributed by atoms with Crippen LogP contribution in [0.15, 0.2) is 48.5 Å². The Hall–Kier alpha value is -3.35. The third-order valence-corrected chi connectivity index (χ3v) is 7.17. The number of fused-ring (bicyclic) bond motifs is 3. The lowest BCUT2D eigenvalue weighted by Crippen LogP contribution is -2.37. The van der Waals surface area contributed by atoms with E-state index in [1.807, 2.05) is 24.3 Å². The zero-order chi connectivity index (χ0) is 23.7. The molecule has 178 valence electrons. The second-order valence-corrected chi connectivity index (χ2v) is 9.68. The van der Waals surface area contributed by atoms with Crippen molar-refractivity contribution in [3.63, 3.8) is 0 Å². The molecule has 7 heteroatoms. The van der Waals surface area contributed by atoms with Gasteiger partial charge in [0.15, 0.2) is 0 Å². The van der Waals surface area contributed by atoms with E-state index in [2.05, 4.69) is 29.6 Å². The van der Waals surface area contributed by atoms with Crippen LogP contribution in [0.4, 0.5) is 4.79 Å². The van der Waals surface area contributed by atoms with Crippen molar-refractivity contribution in [3.8, 4) is 11.1 Å². The summed E-state index contributed by atoms with van der Waals surface area (Å²) in [6.07, 6.45) is 2.42. The zero-order valence-electron chi connectivity index (χ0n) is 19.1. The van der Waals surface area contributed by atoms with Gasteiger partial charge in [-0.1, -0.05) is 48.5 Å². The van der Waals surface area contributed by atoms with Crippen molar-refractivity contribution in [1.82, 2.24) is 10.2 Å². The minimum Gasteiger partial charge on any atom is -0.481 e. The molecule has 0 unspecified atom stereocenters. The fourth-order valence-electron chi connectivity index (χ4n) is 5.01. The van der Waals surface area contributed by atoms with Gasteiger partial charge in [0.1, 0.15) is 6.61 Å². The lowest BCUT2D eigenvalue weighted by molar-refractivity contribution is -0.139. The Morgan fingerprint density at radius 3 is 2.26 bits per heavy atom. The molecule has 0 bridgehead atoms. The fraction of sp³-hybridized carbons (Fsp3) is 0.444. The van der Waals surface area contributed by atoms with Crippen LogP contribution in [0.1, 0.15) is 42.7 Å². The first-order valence-electron chi connectivity index (χ1n) is 12.1. The monoisotopic (exact) mass is 462 g/mol. The van der Waals surface area contributed by atoms with Gasteiger partial charge in [-0.15, -0.1) is 0 Å². The largest absolute Gasteiger partial charge is 0.481 e. The first-order valence-corrected chi connectivity index (χ1v) is 12.1. The van der Waals surface area contributed by atoms with E-state index in [1.165, 1.54) is 22.3 Å². The standard InChI is InChI=1S/C27H30N2O5/c30-25(31)11-12-29(15-17-9-10-17)26(32)23-13-18(23)14-28-27(33)34-16-24-21-7-3-1-5-19(21)20-6-2-4-8-22(20)24/h1-8,17-18,23-24H,9-16H2,(H,28,33)(H,30,31)/t18-,23-/m0/s1. The number of carbonyl (C=O) groups excluding carboxylic acids is 2. The van der Waals surface area contributed by atoms with Gasteiger partial charge in [-0.05, 0) is 53.4 Å². The maximum atomic E-state index is 12.9. The van der Waals surface area contributed by atoms with E-state index >= 15 is 0 Å². The lowest BCUT2D eigenvalue weighted by atomic mass is 9.98. The molecule has 0 aromatic heterocycles. The summed E-state index contributed by atoms with van der Waals surface area (Å²) in [6, 6.07) is 16.4. The molecular weight excluding hydrogens is 432 g/mol. The van der Waals surface area contributed by atoms with E-state index in [1.54, 1.807) is 4.90 Å². The zero-order valence-corrected chi connectivity index (χ0v) is 19.1. The molecule has 34 heavy (non-hydrogen) atoms. The van der Waals surface area contributed by atoms with Crippen LogP contribution in [0.3, 0.4) is 0 Å². The molecule has 7 nitrogen and oxygen atoms in total. The molecule has 2 N–H and O–H groups in total. The van der Waals surface area contributed by atoms with Crippen molar-refractivity contribution in [3.05, 3.63) is 59.7 Å². The molecule has 3 aliphatic carbocycles. The highest BCUT2D eigenvalue weighted by Crippen LogP contribution is 2.44. The van der Waals surface area contributed by atoms with Crippen LogP contribution in [0.5, 0.6) is 0 Å². The number of carbonyl (C=O) groups is 3. The number of carboxylic acids is 1. The van der Waals surface area contributed by atoms with E-state index in [4.69, 9.17) is 9.84 Å². The summed E-state index contributed by atoms with van der Waals surface area (Å²) in [4.78, 5) is 37.9. The van der Waals surface area contributed by atoms with Crippen molar-refractivity contribution in [2.45, 2.75) is 31.6 Å². The molecule has 0 heterocycles. The molecule has 5 rings (SSSR count). The van der Waals surface area contributed by atoms with Gasteiger partial charge in [-0.2, -0.15) is 0 Å². The Labute approximate surface area is 199 Å². The maximum absolute atomic E-state index is 12.9. The SMILES string of the molecule is O=C(O)CCN(CC1CC1)C(=O)[C@H]1C[C@H]1CNC(=O)OCC1c2ccccc2-c2ccccc21. The molecule has 0 radical (unpaired) electrons. The number of amides is 2. The third kappa shape index (κ3) is 4.93. The smallest absolute Gasteiger partial charge is 0.407 e. The Kier molecular flexibility index (Phi) is 6.26. The van der Waals surface area contributed by atoms with Crippen LogP contribution in [-0.2, 0) is 14.3 Å². The molecule has 3 aliphatic rings. The molecular formula is C27H30N2O5. The number of nitrogens with zero attached hydrogens (tertiary/aromatic N) is 1. The molecule has 0 spiro atoms. The Bertz CT molecular complexity index is 1050. The second-order valence-electron chi connectivity index (χ2n) is 9.68. The van der Waals surface area contributed by atoms with Crippen LogP contribution in [0, 0.1) is 17.8 Å². The second kappa shape index (κ2) is 9.49. The Morgan fingerprint density at radius 2 is 1.65 bits per heavy atom. The fourth-order valence-corrected chi connectivity index (χ4v) is 5.01. The maximum Gasteiger partial charge on any atom is 0.407 e. The number of hydrogen-bond acceptors (Lipinski definition) is 4. The van der Waals surface area contributed by atoms with Crippen LogP contribution < -0.4 is 5.32 Å². The molecule has 2 atom stereocenters. The van der Waals surface area contributed by atoms with Gasteiger partial charge in [0.25, 0.3) is 0 Å². The minimum atomic E-state index is -0.891. The van der Waals surface area contributed by atoms with Gasteiger partial charge in [0, 0.05) is 31.5 Å². The van der Waals surface area contributed by atoms with E-state index in [-0.39, 0.29) is 43.2 Å². The Morgan fingerprint density at radius 1 is 1.00 bits per heavy atom. The van der Waals surface area contributed by atoms with E-state index in [0.717, 1.165) is 19.3 Å². The van der Waals surface area contributed by atoms with Gasteiger partial charge in [0.05, 0.1) is 6.42 Å². The summed E-state index contributed by atoms with van der Waals surface area (Å²) in [5.74, 6) is -0.404. The average molecular weight is 463 g/mol. The van der Waals surface area contributed by atoms with Gasteiger partial charge in [0.2, 0.25) is 5.91 Å². The molecule has 2 fully saturated rings. The van der Waals surface area contributed by atoms with Crippen molar-refractivity contribution in [2.75, 3.05) is 26.2 Å². The number of hydrogen-bond donors (Lipinski definition) is 2. The van der Waals surface area contributed by atoms with Crippen LogP contribution in [0.25, 0.3) is 11.1 Å². The highest BCUT2D eigenvalue weighted by molar-refractivity contribution is 5.82. The van der Waals surface area contributed by atoms with E-state index < -0.39 is 12.1 Å². The molecule has 0 aliphatic heterocycles. The summed E-state index contributed by atoms with van der Waals surface area (Å²) >= 11 is 0. The van der Waals surface area contributed by atoms with Gasteiger partial charge in [-0.25, -0.2) is 4.79 Å². The lowest BCUT2D eigenvalue weighted by Gasteiger charge is -2.22. The van der Waals surface area contributed by atoms with Crippen molar-refractivity contribution in [1.29, 1.82) is 0 Å². The molecule has 0 saturated heterocycles. The third-order valence-electron chi connectivity index (χ3n) is 7.17. The highest BCUT2D eigenvalue weighted by Gasteiger charge is 2.45. The van der Waals surface area contributed by atoms with Crippen molar-refractivity contribution in [2.24, 2.45) is 17.8 Å². The van der Waals surface area contributed by atoms with Crippen molar-refractivity contribution >= 4 is 18.0 Å². The van der Waals surface area contributed by atoms with E-state index in [9.17, 15) is 14.4 Å². The number of carboxylic acid groups (broad SMARTS) is 1. The Balaban J connectivity index is 1.10. The van der Waals surface area contributed by atoms with Crippen molar-refractivity contribution < 1.29 is 24.2 Å². The summed E-state index contributed by atoms with van der Waals surface area (Å²) < 4.78 is 5.58. The molecule has 2 aromatic carbocycles. The number of benzene rings is 2. The van der Waals surface area contributed by atoms with Gasteiger partial charge < -0.3 is 20.1 Å². The number of aliphatic carboxylic acids is 1. The van der Waals surface area contributed by atoms with Gasteiger partial charge in [-0.3, -0.25) is 9.59 Å². The van der Waals surface area contributed by atoms with Crippen LogP contribution in [0.2, 0.25) is 0 Å². The highest BCUT2D eigenvalue weighted by atomic mass is 16.5. The number of rotatable bonds is 10. The summed E-state index contributed by atoms with van der Waals surface area (Å²) in [5.41, 5.74) is 4.71. The van der Waals surface area contributed by atoms with E-state index in [0.29, 0.717) is 19.0 Å². The average Bonchev–Trinajstić information content (AvgIpc) is 3.77. The predicted octanol–water partition coefficient (Wildman–Crippen LogP) is 3.87. The quantitative estimate of drug-likeness (QED) is 0.559. The summed E-state index contributed by atoms with van der Waals surface area (Å²) in [6.45, 7) is 1.56. The molecule has 2 aromatic rings. The first-order chi connectivity index (χ1) is 16.5. The summed E-state index contributed by atoms with van der Waals surface area (Å²) in [7, 11) is 0. The van der Waals surface area contributed by atoms with Gasteiger partial charge >= 0.3 is 12.1 Å². The number of ether oxygens (including phenoxy) is 1. The minimum absolute atomic E-state index is 0.0126. The first kappa shape index (κ1) is 22.4. The number of nitrogens with one attached hydrogen (secondary N) is 1. The molecule has 2 amide bonds. The predicted molar refractivity (Wildman–Crippen MR) is 126 cm³/mol. The topological polar surface area (TPSA) is 95.9 Å². The normalized spacial score (nSPS) is 20.2.